The van der Waals surface area contributed by atoms with Gasteiger partial charge >= 0.3 is 0 Å². The Hall–Kier alpha value is -5.10. The van der Waals surface area contributed by atoms with Crippen molar-refractivity contribution in [3.8, 4) is 33.8 Å². The molecule has 9 nitrogen and oxygen atoms in total. The van der Waals surface area contributed by atoms with Gasteiger partial charge in [0.2, 0.25) is 10.0 Å². The Morgan fingerprint density at radius 1 is 0.952 bits per heavy atom. The van der Waals surface area contributed by atoms with Crippen molar-refractivity contribution in [3.63, 3.8) is 0 Å². The highest BCUT2D eigenvalue weighted by Crippen LogP contribution is 2.41. The van der Waals surface area contributed by atoms with Crippen molar-refractivity contribution in [2.24, 2.45) is 0 Å². The predicted molar refractivity (Wildman–Crippen MR) is 156 cm³/mol. The fourth-order valence-corrected chi connectivity index (χ4v) is 5.27. The molecule has 0 aliphatic carbocycles. The van der Waals surface area contributed by atoms with Crippen LogP contribution in [0.4, 0.5) is 14.5 Å². The molecule has 0 fully saturated rings. The number of nitrogens with zero attached hydrogens (tertiary/aromatic N) is 4. The third-order valence-electron chi connectivity index (χ3n) is 6.98. The molecule has 6 aromatic rings. The highest BCUT2D eigenvalue weighted by Gasteiger charge is 2.26. The number of carbonyl (C=O) groups excluding carboxylic acids is 1. The van der Waals surface area contributed by atoms with Crippen molar-refractivity contribution < 1.29 is 26.4 Å². The molecule has 0 radical (unpaired) electrons. The summed E-state index contributed by atoms with van der Waals surface area (Å²) in [7, 11) is -0.849. The van der Waals surface area contributed by atoms with Crippen molar-refractivity contribution in [1.82, 2.24) is 19.9 Å². The van der Waals surface area contributed by atoms with Gasteiger partial charge < -0.3 is 9.73 Å². The van der Waals surface area contributed by atoms with Gasteiger partial charge in [0.1, 0.15) is 23.0 Å². The minimum Gasteiger partial charge on any atom is -0.455 e. The molecule has 0 saturated heterocycles. The van der Waals surface area contributed by atoms with E-state index >= 15 is 0 Å². The van der Waals surface area contributed by atoms with Crippen LogP contribution in [0, 0.1) is 11.6 Å². The first-order chi connectivity index (χ1) is 20.0. The highest BCUT2D eigenvalue weighted by atomic mass is 32.2. The minimum absolute atomic E-state index is 0.199. The number of sulfonamides is 1. The zero-order valence-electron chi connectivity index (χ0n) is 22.6. The van der Waals surface area contributed by atoms with Crippen LogP contribution in [0.2, 0.25) is 0 Å². The van der Waals surface area contributed by atoms with Gasteiger partial charge in [0.15, 0.2) is 5.65 Å². The number of furan rings is 1. The van der Waals surface area contributed by atoms with Gasteiger partial charge in [-0.3, -0.25) is 9.10 Å². The second-order valence-corrected chi connectivity index (χ2v) is 11.6. The maximum atomic E-state index is 13.7. The Bertz CT molecular complexity index is 2100. The van der Waals surface area contributed by atoms with Crippen molar-refractivity contribution in [1.29, 1.82) is 0 Å². The Labute approximate surface area is 239 Å². The van der Waals surface area contributed by atoms with Crippen LogP contribution in [-0.4, -0.2) is 49.3 Å². The van der Waals surface area contributed by atoms with E-state index in [1.165, 1.54) is 56.6 Å². The molecule has 0 bridgehead atoms. The monoisotopic (exact) mass is 587 g/mol. The summed E-state index contributed by atoms with van der Waals surface area (Å²) in [4.78, 5) is 17.5. The summed E-state index contributed by atoms with van der Waals surface area (Å²) in [5, 5.41) is 7.79. The summed E-state index contributed by atoms with van der Waals surface area (Å²) >= 11 is 0. The normalized spacial score (nSPS) is 11.7. The molecule has 0 saturated carbocycles. The van der Waals surface area contributed by atoms with Crippen molar-refractivity contribution >= 4 is 38.2 Å². The Balaban J connectivity index is 1.63. The predicted octanol–water partition coefficient (Wildman–Crippen LogP) is 5.51. The molecule has 0 unspecified atom stereocenters. The topological polar surface area (TPSA) is 110 Å². The number of rotatable bonds is 6. The van der Waals surface area contributed by atoms with E-state index in [0.29, 0.717) is 39.1 Å². The van der Waals surface area contributed by atoms with E-state index in [1.54, 1.807) is 41.0 Å². The second kappa shape index (κ2) is 10.1. The number of amides is 1. The van der Waals surface area contributed by atoms with E-state index in [-0.39, 0.29) is 28.4 Å². The van der Waals surface area contributed by atoms with Crippen molar-refractivity contribution in [2.45, 2.75) is 0 Å². The molecule has 3 heterocycles. The number of aromatic nitrogens is 3. The molecule has 3 aromatic carbocycles. The number of nitrogens with one attached hydrogen (secondary N) is 1. The molecule has 1 amide bonds. The average molecular weight is 588 g/mol. The quantitative estimate of drug-likeness (QED) is 0.275. The molecule has 6 rings (SSSR count). The van der Waals surface area contributed by atoms with Gasteiger partial charge in [-0.05, 0) is 66.7 Å². The summed E-state index contributed by atoms with van der Waals surface area (Å²) in [6.45, 7) is 0. The molecule has 0 atom stereocenters. The van der Waals surface area contributed by atoms with Gasteiger partial charge in [0, 0.05) is 42.2 Å². The lowest BCUT2D eigenvalue weighted by molar-refractivity contribution is 0.0964. The highest BCUT2D eigenvalue weighted by molar-refractivity contribution is 7.92. The Morgan fingerprint density at radius 3 is 2.21 bits per heavy atom. The largest absolute Gasteiger partial charge is 0.455 e. The third-order valence-corrected chi connectivity index (χ3v) is 8.17. The molecule has 3 aromatic heterocycles. The maximum absolute atomic E-state index is 13.7. The van der Waals surface area contributed by atoms with Gasteiger partial charge in [-0.1, -0.05) is 0 Å². The van der Waals surface area contributed by atoms with Crippen LogP contribution < -0.4 is 9.62 Å². The number of hydrogen-bond acceptors (Lipinski definition) is 6. The number of anilines is 1. The maximum Gasteiger partial charge on any atom is 0.255 e. The van der Waals surface area contributed by atoms with Crippen LogP contribution in [0.3, 0.4) is 0 Å². The van der Waals surface area contributed by atoms with Gasteiger partial charge in [0.05, 0.1) is 35.1 Å². The molecule has 12 heteroatoms. The summed E-state index contributed by atoms with van der Waals surface area (Å²) < 4.78 is 61.4. The lowest BCUT2D eigenvalue weighted by Gasteiger charge is -2.20. The van der Waals surface area contributed by atoms with E-state index in [9.17, 15) is 22.0 Å². The van der Waals surface area contributed by atoms with Crippen molar-refractivity contribution in [3.05, 3.63) is 96.2 Å². The second-order valence-electron chi connectivity index (χ2n) is 9.63. The Morgan fingerprint density at radius 2 is 1.60 bits per heavy atom. The summed E-state index contributed by atoms with van der Waals surface area (Å²) in [6, 6.07) is 18.0. The lowest BCUT2D eigenvalue weighted by atomic mass is 10.0. The molecule has 0 spiro atoms. The molecule has 0 aliphatic heterocycles. The third kappa shape index (κ3) is 4.65. The number of imidazole rings is 1. The van der Waals surface area contributed by atoms with Crippen LogP contribution in [0.15, 0.2) is 83.4 Å². The fraction of sp³-hybridized carbons (Fsp3) is 0.100. The molecule has 212 valence electrons. The van der Waals surface area contributed by atoms with Gasteiger partial charge in [-0.15, -0.1) is 0 Å². The number of fused-ring (bicyclic) bond motifs is 2. The first kappa shape index (κ1) is 27.1. The van der Waals surface area contributed by atoms with Crippen molar-refractivity contribution in [2.75, 3.05) is 24.7 Å². The summed E-state index contributed by atoms with van der Waals surface area (Å²) in [5.41, 5.74) is 3.73. The standard InChI is InChI=1S/C30H23F2N5O4S/c1-33-30(38)28-22-14-21(23-12-13-27-34-16-25(37(27)35-23)17-4-8-19(31)9-5-17)24(36(2)42(3,39)40)15-26(22)41-29(28)18-6-10-20(32)11-7-18/h4-16H,1-3H3,(H,33,38). The van der Waals surface area contributed by atoms with Crippen LogP contribution in [-0.2, 0) is 10.0 Å². The number of hydrogen-bond donors (Lipinski definition) is 1. The zero-order chi connectivity index (χ0) is 29.8. The molecule has 0 aliphatic rings. The van der Waals surface area contributed by atoms with Gasteiger partial charge in [0.25, 0.3) is 5.91 Å². The Kier molecular flexibility index (Phi) is 6.49. The SMILES string of the molecule is CNC(=O)c1c(-c2ccc(F)cc2)oc2cc(N(C)S(C)(=O)=O)c(-c3ccc4ncc(-c5ccc(F)cc5)n4n3)cc12. The molecule has 1 N–H and O–H groups in total. The smallest absolute Gasteiger partial charge is 0.255 e. The average Bonchev–Trinajstić information content (AvgIpc) is 3.57. The van der Waals surface area contributed by atoms with Crippen LogP contribution in [0.1, 0.15) is 10.4 Å². The molecule has 42 heavy (non-hydrogen) atoms. The minimum atomic E-state index is -3.73. The summed E-state index contributed by atoms with van der Waals surface area (Å²) in [5.74, 6) is -1.07. The van der Waals surface area contributed by atoms with Gasteiger partial charge in [-0.25, -0.2) is 26.7 Å². The van der Waals surface area contributed by atoms with E-state index in [2.05, 4.69) is 10.3 Å². The van der Waals surface area contributed by atoms with E-state index in [0.717, 1.165) is 10.6 Å². The van der Waals surface area contributed by atoms with Gasteiger partial charge in [-0.2, -0.15) is 5.10 Å². The molecular weight excluding hydrogens is 564 g/mol. The zero-order valence-corrected chi connectivity index (χ0v) is 23.4. The number of benzene rings is 3. The van der Waals surface area contributed by atoms with E-state index in [1.807, 2.05) is 0 Å². The van der Waals surface area contributed by atoms with E-state index < -0.39 is 21.7 Å². The van der Waals surface area contributed by atoms with Crippen LogP contribution >= 0.6 is 0 Å². The number of carbonyl (C=O) groups is 1. The lowest BCUT2D eigenvalue weighted by Crippen LogP contribution is -2.25. The van der Waals surface area contributed by atoms with Crippen LogP contribution in [0.5, 0.6) is 0 Å². The van der Waals surface area contributed by atoms with E-state index in [4.69, 9.17) is 9.52 Å². The first-order valence-electron chi connectivity index (χ1n) is 12.7. The number of halogens is 2. The molecular formula is C30H23F2N5O4S. The fourth-order valence-electron chi connectivity index (χ4n) is 4.77. The van der Waals surface area contributed by atoms with Crippen LogP contribution in [0.25, 0.3) is 50.5 Å². The first-order valence-corrected chi connectivity index (χ1v) is 14.5. The summed E-state index contributed by atoms with van der Waals surface area (Å²) in [6.07, 6.45) is 2.68.